The van der Waals surface area contributed by atoms with Crippen LogP contribution in [-0.4, -0.2) is 22.8 Å². The van der Waals surface area contributed by atoms with E-state index in [0.29, 0.717) is 16.7 Å². The van der Waals surface area contributed by atoms with Crippen molar-refractivity contribution in [3.63, 3.8) is 0 Å². The zero-order valence-electron chi connectivity index (χ0n) is 15.3. The van der Waals surface area contributed by atoms with Crippen molar-refractivity contribution in [3.8, 4) is 0 Å². The molecule has 0 saturated carbocycles. The smallest absolute Gasteiger partial charge is 0.277 e. The fraction of sp³-hybridized carbons (Fsp3) is 0.0476. The minimum Gasteiger partial charge on any atom is -0.287 e. The molecule has 0 aliphatic rings. The van der Waals surface area contributed by atoms with Crippen molar-refractivity contribution in [2.45, 2.75) is 6.54 Å². The van der Waals surface area contributed by atoms with Crippen molar-refractivity contribution >= 4 is 23.6 Å². The molecule has 1 N–H and O–H groups in total. The SMILES string of the molecule is O=C(C[n+]1cccc(C(=O)NN=Cc2cccc([N+](=O)[O-])c2)c1)c1ccccc1. The largest absolute Gasteiger partial charge is 0.287 e. The Morgan fingerprint density at radius 3 is 2.55 bits per heavy atom. The molecule has 1 aromatic heterocycles. The molecule has 0 fully saturated rings. The predicted octanol–water partition coefficient (Wildman–Crippen LogP) is 2.53. The number of hydrazone groups is 1. The van der Waals surface area contributed by atoms with Crippen molar-refractivity contribution in [2.75, 3.05) is 0 Å². The number of nitrogens with zero attached hydrogens (tertiary/aromatic N) is 3. The van der Waals surface area contributed by atoms with E-state index in [9.17, 15) is 19.7 Å². The van der Waals surface area contributed by atoms with E-state index in [1.807, 2.05) is 6.07 Å². The van der Waals surface area contributed by atoms with Crippen LogP contribution in [0.1, 0.15) is 26.3 Å². The average Bonchev–Trinajstić information content (AvgIpc) is 2.74. The van der Waals surface area contributed by atoms with E-state index in [4.69, 9.17) is 0 Å². The molecule has 1 amide bonds. The third-order valence-electron chi connectivity index (χ3n) is 4.00. The van der Waals surface area contributed by atoms with Crippen LogP contribution in [0.25, 0.3) is 0 Å². The molecule has 0 unspecified atom stereocenters. The van der Waals surface area contributed by atoms with Gasteiger partial charge in [-0.05, 0) is 6.07 Å². The van der Waals surface area contributed by atoms with Crippen LogP contribution in [-0.2, 0) is 6.54 Å². The van der Waals surface area contributed by atoms with Gasteiger partial charge in [0.2, 0.25) is 12.3 Å². The molecule has 0 spiro atoms. The van der Waals surface area contributed by atoms with Gasteiger partial charge in [-0.15, -0.1) is 0 Å². The molecule has 1 heterocycles. The summed E-state index contributed by atoms with van der Waals surface area (Å²) in [4.78, 5) is 34.9. The number of benzene rings is 2. The number of nitro benzene ring substituents is 1. The maximum Gasteiger partial charge on any atom is 0.277 e. The summed E-state index contributed by atoms with van der Waals surface area (Å²) >= 11 is 0. The van der Waals surface area contributed by atoms with Crippen LogP contribution in [0.4, 0.5) is 5.69 Å². The van der Waals surface area contributed by atoms with Gasteiger partial charge in [-0.1, -0.05) is 42.5 Å². The number of nitrogens with one attached hydrogen (secondary N) is 1. The van der Waals surface area contributed by atoms with Gasteiger partial charge in [-0.2, -0.15) is 9.67 Å². The van der Waals surface area contributed by atoms with Crippen molar-refractivity contribution in [1.82, 2.24) is 5.43 Å². The molecule has 2 aromatic carbocycles. The van der Waals surface area contributed by atoms with Crippen LogP contribution >= 0.6 is 0 Å². The summed E-state index contributed by atoms with van der Waals surface area (Å²) in [6, 6.07) is 18.0. The number of pyridine rings is 1. The fourth-order valence-corrected chi connectivity index (χ4v) is 2.58. The number of amides is 1. The van der Waals surface area contributed by atoms with Gasteiger partial charge >= 0.3 is 0 Å². The molecule has 0 bridgehead atoms. The lowest BCUT2D eigenvalue weighted by Gasteiger charge is -2.01. The van der Waals surface area contributed by atoms with E-state index in [1.54, 1.807) is 59.4 Å². The summed E-state index contributed by atoms with van der Waals surface area (Å²) in [5, 5.41) is 14.6. The summed E-state index contributed by atoms with van der Waals surface area (Å²) in [5.74, 6) is -0.537. The summed E-state index contributed by atoms with van der Waals surface area (Å²) < 4.78 is 1.62. The molecule has 8 heteroatoms. The van der Waals surface area contributed by atoms with E-state index >= 15 is 0 Å². The number of hydrogen-bond acceptors (Lipinski definition) is 5. The van der Waals surface area contributed by atoms with Crippen LogP contribution in [0, 0.1) is 10.1 Å². The monoisotopic (exact) mass is 389 g/mol. The fourth-order valence-electron chi connectivity index (χ4n) is 2.58. The normalized spacial score (nSPS) is 10.6. The first-order valence-electron chi connectivity index (χ1n) is 8.68. The molecule has 0 saturated heterocycles. The Hall–Kier alpha value is -4.20. The topological polar surface area (TPSA) is 106 Å². The Morgan fingerprint density at radius 2 is 1.79 bits per heavy atom. The Balaban J connectivity index is 1.64. The number of carbonyl (C=O) groups is 2. The number of aromatic nitrogens is 1. The van der Waals surface area contributed by atoms with E-state index in [2.05, 4.69) is 10.5 Å². The molecule has 0 aliphatic carbocycles. The van der Waals surface area contributed by atoms with Crippen LogP contribution < -0.4 is 9.99 Å². The molecule has 0 radical (unpaired) electrons. The van der Waals surface area contributed by atoms with Gasteiger partial charge < -0.3 is 0 Å². The van der Waals surface area contributed by atoms with Gasteiger partial charge in [0.15, 0.2) is 12.4 Å². The molecule has 0 atom stereocenters. The van der Waals surface area contributed by atoms with Crippen molar-refractivity contribution < 1.29 is 19.1 Å². The summed E-state index contributed by atoms with van der Waals surface area (Å²) in [6.45, 7) is 0.0993. The van der Waals surface area contributed by atoms with Gasteiger partial charge in [0.1, 0.15) is 5.56 Å². The highest BCUT2D eigenvalue weighted by Crippen LogP contribution is 2.11. The van der Waals surface area contributed by atoms with Gasteiger partial charge in [0.25, 0.3) is 11.6 Å². The molecule has 0 aliphatic heterocycles. The second kappa shape index (κ2) is 9.14. The first-order chi connectivity index (χ1) is 14.0. The Labute approximate surface area is 166 Å². The molecule has 144 valence electrons. The quantitative estimate of drug-likeness (QED) is 0.220. The number of hydrogen-bond donors (Lipinski definition) is 1. The predicted molar refractivity (Wildman–Crippen MR) is 106 cm³/mol. The number of carbonyl (C=O) groups excluding carboxylic acids is 2. The lowest BCUT2D eigenvalue weighted by atomic mass is 10.1. The van der Waals surface area contributed by atoms with Gasteiger partial charge in [-0.3, -0.25) is 19.7 Å². The molecule has 3 aromatic rings. The summed E-state index contributed by atoms with van der Waals surface area (Å²) in [7, 11) is 0. The van der Waals surface area contributed by atoms with E-state index in [1.165, 1.54) is 24.4 Å². The van der Waals surface area contributed by atoms with Crippen LogP contribution in [0.2, 0.25) is 0 Å². The maximum atomic E-state index is 12.3. The Morgan fingerprint density at radius 1 is 1.03 bits per heavy atom. The van der Waals surface area contributed by atoms with E-state index < -0.39 is 10.8 Å². The molecular formula is C21H17N4O4+. The zero-order chi connectivity index (χ0) is 20.6. The molecule has 29 heavy (non-hydrogen) atoms. The van der Waals surface area contributed by atoms with Gasteiger partial charge in [0.05, 0.1) is 11.1 Å². The number of ketones is 1. The zero-order valence-corrected chi connectivity index (χ0v) is 15.3. The average molecular weight is 389 g/mol. The van der Waals surface area contributed by atoms with E-state index in [0.717, 1.165) is 0 Å². The minimum absolute atomic E-state index is 0.0625. The summed E-state index contributed by atoms with van der Waals surface area (Å²) in [6.07, 6.45) is 4.57. The highest BCUT2D eigenvalue weighted by molar-refractivity contribution is 5.95. The number of non-ortho nitro benzene ring substituents is 1. The number of rotatable bonds is 7. The molecule has 8 nitrogen and oxygen atoms in total. The second-order valence-corrected chi connectivity index (χ2v) is 6.11. The third-order valence-corrected chi connectivity index (χ3v) is 4.00. The van der Waals surface area contributed by atoms with E-state index in [-0.39, 0.29) is 18.0 Å². The number of nitro groups is 1. The second-order valence-electron chi connectivity index (χ2n) is 6.11. The maximum absolute atomic E-state index is 12.3. The van der Waals surface area contributed by atoms with Gasteiger partial charge in [-0.25, -0.2) is 5.43 Å². The summed E-state index contributed by atoms with van der Waals surface area (Å²) in [5.41, 5.74) is 3.71. The highest BCUT2D eigenvalue weighted by atomic mass is 16.6. The standard InChI is InChI=1S/C21H16N4O4/c26-20(17-7-2-1-3-8-17)15-24-11-5-9-18(14-24)21(27)23-22-13-16-6-4-10-19(12-16)25(28)29/h1-14H,15H2/p+1. The van der Waals surface area contributed by atoms with Crippen LogP contribution in [0.3, 0.4) is 0 Å². The van der Waals surface area contributed by atoms with Crippen LogP contribution in [0.15, 0.2) is 84.2 Å². The lowest BCUT2D eigenvalue weighted by Crippen LogP contribution is -2.38. The Kier molecular flexibility index (Phi) is 6.16. The van der Waals surface area contributed by atoms with Crippen molar-refractivity contribution in [3.05, 3.63) is 106 Å². The number of Topliss-reactive ketones (excluding diaryl/α,β-unsaturated/α-hetero) is 1. The first kappa shape index (κ1) is 19.6. The third kappa shape index (κ3) is 5.39. The first-order valence-corrected chi connectivity index (χ1v) is 8.68. The van der Waals surface area contributed by atoms with Crippen LogP contribution in [0.5, 0.6) is 0 Å². The minimum atomic E-state index is -0.505. The molecular weight excluding hydrogens is 372 g/mol. The van der Waals surface area contributed by atoms with Crippen molar-refractivity contribution in [2.24, 2.45) is 5.10 Å². The van der Waals surface area contributed by atoms with Gasteiger partial charge in [0, 0.05) is 29.3 Å². The molecule has 3 rings (SSSR count). The highest BCUT2D eigenvalue weighted by Gasteiger charge is 2.14. The van der Waals surface area contributed by atoms with Crippen molar-refractivity contribution in [1.29, 1.82) is 0 Å². The Bertz CT molecular complexity index is 1080. The lowest BCUT2D eigenvalue weighted by molar-refractivity contribution is -0.683.